The molecule has 5 heteroatoms. The molecule has 0 radical (unpaired) electrons. The van der Waals surface area contributed by atoms with Crippen LogP contribution in [0.1, 0.15) is 0 Å². The van der Waals surface area contributed by atoms with E-state index in [1.54, 1.807) is 0 Å². The summed E-state index contributed by atoms with van der Waals surface area (Å²) in [7, 11) is 0. The lowest BCUT2D eigenvalue weighted by atomic mass is 10.7. The first kappa shape index (κ1) is 8.47. The lowest BCUT2D eigenvalue weighted by Crippen LogP contribution is -1.96. The molecule has 0 amide bonds. The van der Waals surface area contributed by atoms with Crippen molar-refractivity contribution >= 4 is 34.8 Å². The number of alkyl halides is 3. The Balaban J connectivity index is 3.89. The van der Waals surface area contributed by atoms with Crippen LogP contribution in [0, 0.1) is 0 Å². The third-order valence-electron chi connectivity index (χ3n) is 0.273. The summed E-state index contributed by atoms with van der Waals surface area (Å²) in [5, 5.41) is -1.27. The van der Waals surface area contributed by atoms with Crippen molar-refractivity contribution in [3.8, 4) is 0 Å². The molecule has 0 unspecified atom stereocenters. The van der Waals surface area contributed by atoms with Gasteiger partial charge in [0.15, 0.2) is 5.29 Å². The van der Waals surface area contributed by atoms with Crippen LogP contribution in [-0.4, -0.2) is 4.59 Å². The Hall–Kier alpha value is 0.470. The molecule has 48 valence electrons. The maximum Gasteiger partial charge on any atom is 0.280 e. The van der Waals surface area contributed by atoms with Gasteiger partial charge in [-0.05, 0) is 0 Å². The van der Waals surface area contributed by atoms with Crippen molar-refractivity contribution in [1.29, 1.82) is 0 Å². The first-order chi connectivity index (χ1) is 3.42. The molecule has 0 aliphatic rings. The normalized spacial score (nSPS) is 14.4. The Bertz CT molecular complexity index is 99.6. The summed E-state index contributed by atoms with van der Waals surface area (Å²) in [5.41, 5.74) is 0. The highest BCUT2D eigenvalue weighted by Crippen LogP contribution is 2.26. The quantitative estimate of drug-likeness (QED) is 0.545. The maximum atomic E-state index is 11.8. The van der Waals surface area contributed by atoms with Crippen LogP contribution in [0.2, 0.25) is 0 Å². The van der Waals surface area contributed by atoms with Crippen LogP contribution in [0.4, 0.5) is 8.78 Å². The fraction of sp³-hybridized carbons (Fsp3) is 0.333. The van der Waals surface area contributed by atoms with Gasteiger partial charge in [0.25, 0.3) is 4.59 Å². The van der Waals surface area contributed by atoms with E-state index in [0.29, 0.717) is 0 Å². The number of hydrogen-bond donors (Lipinski definition) is 0. The Morgan fingerprint density at radius 1 is 1.50 bits per heavy atom. The first-order valence-corrected chi connectivity index (χ1v) is 2.66. The lowest BCUT2D eigenvalue weighted by molar-refractivity contribution is 0.456. The van der Waals surface area contributed by atoms with Crippen LogP contribution >= 0.6 is 34.8 Å². The molecule has 0 N–H and O–H groups in total. The fourth-order valence-electron chi connectivity index (χ4n) is 0.124. The van der Waals surface area contributed by atoms with Gasteiger partial charge in [-0.1, -0.05) is 34.8 Å². The number of rotatable bonds is 1. The second kappa shape index (κ2) is 2.85. The summed E-state index contributed by atoms with van der Waals surface area (Å²) in [6.45, 7) is 0. The molecular weight excluding hydrogens is 180 g/mol. The lowest BCUT2D eigenvalue weighted by Gasteiger charge is -1.97. The summed E-state index contributed by atoms with van der Waals surface area (Å²) in [6.07, 6.45) is 0.234. The molecule has 0 atom stereocenters. The minimum atomic E-state index is -2.70. The molecule has 0 aromatic heterocycles. The zero-order valence-electron chi connectivity index (χ0n) is 3.47. The Kier molecular flexibility index (Phi) is 3.02. The molecule has 0 heterocycles. The minimum absolute atomic E-state index is 0.234. The van der Waals surface area contributed by atoms with Crippen LogP contribution in [0.25, 0.3) is 0 Å². The van der Waals surface area contributed by atoms with E-state index in [9.17, 15) is 8.78 Å². The van der Waals surface area contributed by atoms with Gasteiger partial charge in [0.2, 0.25) is 0 Å². The molecule has 0 bridgehead atoms. The van der Waals surface area contributed by atoms with Crippen molar-refractivity contribution in [1.82, 2.24) is 0 Å². The van der Waals surface area contributed by atoms with Gasteiger partial charge >= 0.3 is 0 Å². The standard InChI is InChI=1S/C3HCl3F2/c4-2(7)1-3(5,6)8/h1H/b2-1-. The highest BCUT2D eigenvalue weighted by atomic mass is 35.5. The summed E-state index contributed by atoms with van der Waals surface area (Å²) in [6, 6.07) is 0. The second-order valence-corrected chi connectivity index (χ2v) is 2.63. The SMILES string of the molecule is F/C(Cl)=C\C(F)(Cl)Cl. The van der Waals surface area contributed by atoms with Crippen LogP contribution in [0.3, 0.4) is 0 Å². The van der Waals surface area contributed by atoms with Crippen LogP contribution in [0.5, 0.6) is 0 Å². The van der Waals surface area contributed by atoms with Crippen molar-refractivity contribution in [2.45, 2.75) is 4.59 Å². The summed E-state index contributed by atoms with van der Waals surface area (Å²) in [5.74, 6) is 0. The minimum Gasteiger partial charge on any atom is -0.203 e. The zero-order valence-corrected chi connectivity index (χ0v) is 5.73. The smallest absolute Gasteiger partial charge is 0.203 e. The van der Waals surface area contributed by atoms with Crippen molar-refractivity contribution < 1.29 is 8.78 Å². The van der Waals surface area contributed by atoms with Gasteiger partial charge in [0.05, 0.1) is 0 Å². The highest BCUT2D eigenvalue weighted by Gasteiger charge is 2.18. The molecule has 0 rings (SSSR count). The number of halogens is 5. The van der Waals surface area contributed by atoms with E-state index in [-0.39, 0.29) is 6.08 Å². The van der Waals surface area contributed by atoms with E-state index < -0.39 is 9.87 Å². The maximum absolute atomic E-state index is 11.8. The van der Waals surface area contributed by atoms with Gasteiger partial charge in [0, 0.05) is 6.08 Å². The summed E-state index contributed by atoms with van der Waals surface area (Å²) in [4.78, 5) is 0. The van der Waals surface area contributed by atoms with Crippen LogP contribution in [-0.2, 0) is 0 Å². The van der Waals surface area contributed by atoms with Crippen LogP contribution < -0.4 is 0 Å². The highest BCUT2D eigenvalue weighted by molar-refractivity contribution is 6.49. The predicted molar refractivity (Wildman–Crippen MR) is 30.6 cm³/mol. The average Bonchev–Trinajstić information content (AvgIpc) is 1.21. The fourth-order valence-corrected chi connectivity index (χ4v) is 0.577. The number of hydrogen-bond acceptors (Lipinski definition) is 0. The van der Waals surface area contributed by atoms with E-state index in [0.717, 1.165) is 0 Å². The molecule has 0 saturated heterocycles. The molecule has 0 spiro atoms. The summed E-state index contributed by atoms with van der Waals surface area (Å²) >= 11 is 13.8. The molecule has 0 aliphatic heterocycles. The van der Waals surface area contributed by atoms with Gasteiger partial charge < -0.3 is 0 Å². The van der Waals surface area contributed by atoms with Gasteiger partial charge in [0.1, 0.15) is 0 Å². The van der Waals surface area contributed by atoms with E-state index >= 15 is 0 Å². The molecule has 8 heavy (non-hydrogen) atoms. The first-order valence-electron chi connectivity index (χ1n) is 1.52. The Morgan fingerprint density at radius 2 is 1.88 bits per heavy atom. The predicted octanol–water partition coefficient (Wildman–Crippen LogP) is 3.14. The van der Waals surface area contributed by atoms with E-state index in [2.05, 4.69) is 34.8 Å². The molecular formula is C3HCl3F2. The second-order valence-electron chi connectivity index (χ2n) is 0.976. The zero-order chi connectivity index (χ0) is 6.78. The molecule has 0 nitrogen and oxygen atoms in total. The van der Waals surface area contributed by atoms with E-state index in [4.69, 9.17) is 0 Å². The number of allylic oxidation sites excluding steroid dienone is 1. The van der Waals surface area contributed by atoms with E-state index in [1.165, 1.54) is 0 Å². The Labute approximate surface area is 60.0 Å². The van der Waals surface area contributed by atoms with Crippen molar-refractivity contribution in [2.24, 2.45) is 0 Å². The largest absolute Gasteiger partial charge is 0.280 e. The average molecular weight is 181 g/mol. The van der Waals surface area contributed by atoms with Crippen molar-refractivity contribution in [3.05, 3.63) is 11.4 Å². The molecule has 0 aliphatic carbocycles. The van der Waals surface area contributed by atoms with Crippen molar-refractivity contribution in [3.63, 3.8) is 0 Å². The Morgan fingerprint density at radius 3 is 1.88 bits per heavy atom. The van der Waals surface area contributed by atoms with Gasteiger partial charge in [-0.2, -0.15) is 4.39 Å². The molecule has 0 fully saturated rings. The van der Waals surface area contributed by atoms with Gasteiger partial charge in [-0.25, -0.2) is 4.39 Å². The monoisotopic (exact) mass is 180 g/mol. The van der Waals surface area contributed by atoms with Gasteiger partial charge in [-0.15, -0.1) is 0 Å². The van der Waals surface area contributed by atoms with E-state index in [1.807, 2.05) is 0 Å². The van der Waals surface area contributed by atoms with Crippen LogP contribution in [0.15, 0.2) is 11.4 Å². The molecule has 0 aromatic rings. The van der Waals surface area contributed by atoms with Crippen molar-refractivity contribution in [2.75, 3.05) is 0 Å². The molecule has 0 saturated carbocycles. The third kappa shape index (κ3) is 6.47. The summed E-state index contributed by atoms with van der Waals surface area (Å²) < 4.78 is 20.5. The topological polar surface area (TPSA) is 0 Å². The third-order valence-corrected chi connectivity index (χ3v) is 0.600. The van der Waals surface area contributed by atoms with Gasteiger partial charge in [-0.3, -0.25) is 0 Å². The molecule has 0 aromatic carbocycles.